The number of rotatable bonds is 3. The molecule has 0 radical (unpaired) electrons. The van der Waals surface area contributed by atoms with Gasteiger partial charge in [-0.25, -0.2) is 4.79 Å². The summed E-state index contributed by atoms with van der Waals surface area (Å²) in [5, 5.41) is 3.20. The summed E-state index contributed by atoms with van der Waals surface area (Å²) >= 11 is 0. The topological polar surface area (TPSA) is 58.6 Å². The minimum Gasteiger partial charge on any atom is -0.450 e. The summed E-state index contributed by atoms with van der Waals surface area (Å²) in [4.78, 5) is 26.4. The number of alkyl carbamates (subject to hydrolysis) is 1. The normalized spacial score (nSPS) is 44.5. The van der Waals surface area contributed by atoms with Crippen LogP contribution in [0.25, 0.3) is 0 Å². The van der Waals surface area contributed by atoms with Crippen molar-refractivity contribution in [1.29, 1.82) is 0 Å². The lowest BCUT2D eigenvalue weighted by atomic mass is 9.48. The number of hydrogen-bond acceptors (Lipinski definition) is 3. The highest BCUT2D eigenvalue weighted by atomic mass is 16.5. The number of amides is 2. The number of nitrogens with zero attached hydrogens (tertiary/aromatic N) is 1. The summed E-state index contributed by atoms with van der Waals surface area (Å²) in [6, 6.07) is 0.550. The number of carbonyl (C=O) groups is 2. The first-order valence-electron chi connectivity index (χ1n) is 11.2. The van der Waals surface area contributed by atoms with E-state index in [1.165, 1.54) is 19.3 Å². The van der Waals surface area contributed by atoms with Crippen LogP contribution in [0.3, 0.4) is 0 Å². The van der Waals surface area contributed by atoms with Gasteiger partial charge in [0.2, 0.25) is 5.91 Å². The smallest absolute Gasteiger partial charge is 0.407 e. The molecule has 3 saturated carbocycles. The molecule has 3 fully saturated rings. The van der Waals surface area contributed by atoms with Crippen LogP contribution in [0.1, 0.15) is 65.7 Å². The van der Waals surface area contributed by atoms with Gasteiger partial charge < -0.3 is 15.0 Å². The molecule has 7 atom stereocenters. The van der Waals surface area contributed by atoms with Gasteiger partial charge in [0.15, 0.2) is 0 Å². The summed E-state index contributed by atoms with van der Waals surface area (Å²) in [7, 11) is 1.97. The highest BCUT2D eigenvalue weighted by molar-refractivity contribution is 5.89. The Morgan fingerprint density at radius 2 is 2.00 bits per heavy atom. The number of carbonyl (C=O) groups excluding carboxylic acids is 2. The van der Waals surface area contributed by atoms with E-state index in [4.69, 9.17) is 4.74 Å². The van der Waals surface area contributed by atoms with Crippen molar-refractivity contribution in [2.24, 2.45) is 28.6 Å². The van der Waals surface area contributed by atoms with Crippen LogP contribution in [-0.2, 0) is 9.53 Å². The molecule has 0 aromatic heterocycles. The Kier molecular flexibility index (Phi) is 4.99. The lowest BCUT2D eigenvalue weighted by Gasteiger charge is -2.60. The fraction of sp³-hybridized carbons (Fsp3) is 0.826. The summed E-state index contributed by atoms with van der Waals surface area (Å²) in [6.45, 7) is 7.28. The van der Waals surface area contributed by atoms with Gasteiger partial charge in [-0.15, -0.1) is 0 Å². The highest BCUT2D eigenvalue weighted by Crippen LogP contribution is 2.63. The van der Waals surface area contributed by atoms with Crippen LogP contribution in [0, 0.1) is 28.6 Å². The van der Waals surface area contributed by atoms with E-state index < -0.39 is 0 Å². The van der Waals surface area contributed by atoms with E-state index >= 15 is 0 Å². The first-order chi connectivity index (χ1) is 13.3. The van der Waals surface area contributed by atoms with Crippen LogP contribution in [0.2, 0.25) is 0 Å². The molecule has 0 saturated heterocycles. The molecule has 1 heterocycles. The Hall–Kier alpha value is -1.52. The van der Waals surface area contributed by atoms with Crippen LogP contribution in [-0.4, -0.2) is 42.6 Å². The van der Waals surface area contributed by atoms with Gasteiger partial charge in [0.05, 0.1) is 6.61 Å². The molecular formula is C23H36N2O3. The fourth-order valence-electron chi connectivity index (χ4n) is 7.35. The van der Waals surface area contributed by atoms with Gasteiger partial charge in [0.25, 0.3) is 0 Å². The van der Waals surface area contributed by atoms with E-state index in [1.54, 1.807) is 6.08 Å². The van der Waals surface area contributed by atoms with Gasteiger partial charge in [-0.2, -0.15) is 0 Å². The standard InChI is InChI=1S/C23H36N2O3/c1-5-14-28-21(27)24-18-8-7-16-15-6-9-19-23(3,13-11-20(26)25(19)4)17(15)10-12-22(16,18)2/h11,13,15-19H,5-10,12,14H2,1-4H3,(H,24,27)/t15-,16-,17-,18-,19+,22-,23+/m0/s1. The second kappa shape index (κ2) is 7.07. The number of nitrogens with one attached hydrogen (secondary N) is 1. The summed E-state index contributed by atoms with van der Waals surface area (Å²) in [5.41, 5.74) is 0.244. The van der Waals surface area contributed by atoms with Gasteiger partial charge in [-0.05, 0) is 74.2 Å². The maximum atomic E-state index is 12.2. The Balaban J connectivity index is 1.53. The summed E-state index contributed by atoms with van der Waals surface area (Å²) in [5.74, 6) is 2.11. The zero-order chi connectivity index (χ0) is 20.1. The maximum absolute atomic E-state index is 12.2. The molecule has 0 unspecified atom stereocenters. The van der Waals surface area contributed by atoms with Crippen molar-refractivity contribution in [3.63, 3.8) is 0 Å². The van der Waals surface area contributed by atoms with Gasteiger partial charge in [-0.1, -0.05) is 26.8 Å². The zero-order valence-corrected chi connectivity index (χ0v) is 17.9. The van der Waals surface area contributed by atoms with Crippen molar-refractivity contribution >= 4 is 12.0 Å². The van der Waals surface area contributed by atoms with Crippen LogP contribution >= 0.6 is 0 Å². The molecule has 0 aromatic carbocycles. The van der Waals surface area contributed by atoms with Crippen molar-refractivity contribution in [2.75, 3.05) is 13.7 Å². The number of likely N-dealkylation sites (N-methyl/N-ethyl adjacent to an activating group) is 1. The average molecular weight is 389 g/mol. The lowest BCUT2D eigenvalue weighted by Crippen LogP contribution is -2.60. The molecule has 4 aliphatic rings. The van der Waals surface area contributed by atoms with Gasteiger partial charge in [0, 0.05) is 24.5 Å². The first kappa shape index (κ1) is 19.8. The fourth-order valence-corrected chi connectivity index (χ4v) is 7.35. The molecule has 1 N–H and O–H groups in total. The predicted molar refractivity (Wildman–Crippen MR) is 109 cm³/mol. The average Bonchev–Trinajstić information content (AvgIpc) is 3.00. The number of fused-ring (bicyclic) bond motifs is 5. The van der Waals surface area contributed by atoms with Gasteiger partial charge in [-0.3, -0.25) is 4.79 Å². The molecule has 4 rings (SSSR count). The Labute approximate surface area is 169 Å². The number of ether oxygens (including phenoxy) is 1. The van der Waals surface area contributed by atoms with Crippen LogP contribution in [0.4, 0.5) is 4.79 Å². The molecule has 0 aromatic rings. The Morgan fingerprint density at radius 3 is 2.75 bits per heavy atom. The minimum absolute atomic E-state index is 0.0818. The van der Waals surface area contributed by atoms with E-state index in [9.17, 15) is 9.59 Å². The largest absolute Gasteiger partial charge is 0.450 e. The van der Waals surface area contributed by atoms with Crippen LogP contribution < -0.4 is 5.32 Å². The predicted octanol–water partition coefficient (Wildman–Crippen LogP) is 4.13. The third-order valence-corrected chi connectivity index (χ3v) is 8.86. The maximum Gasteiger partial charge on any atom is 0.407 e. The second-order valence-corrected chi connectivity index (χ2v) is 10.1. The molecule has 5 heteroatoms. The quantitative estimate of drug-likeness (QED) is 0.791. The van der Waals surface area contributed by atoms with E-state index in [0.29, 0.717) is 30.4 Å². The molecule has 28 heavy (non-hydrogen) atoms. The molecule has 156 valence electrons. The first-order valence-corrected chi connectivity index (χ1v) is 11.2. The molecule has 0 spiro atoms. The van der Waals surface area contributed by atoms with Crippen molar-refractivity contribution in [2.45, 2.75) is 77.8 Å². The zero-order valence-electron chi connectivity index (χ0n) is 17.9. The molecule has 0 bridgehead atoms. The molecule has 2 amide bonds. The second-order valence-electron chi connectivity index (χ2n) is 10.1. The van der Waals surface area contributed by atoms with Crippen molar-refractivity contribution in [3.05, 3.63) is 12.2 Å². The van der Waals surface area contributed by atoms with E-state index in [-0.39, 0.29) is 28.9 Å². The molecule has 5 nitrogen and oxygen atoms in total. The molecular weight excluding hydrogens is 352 g/mol. The minimum atomic E-state index is -0.248. The molecule has 3 aliphatic carbocycles. The summed E-state index contributed by atoms with van der Waals surface area (Å²) in [6.07, 6.45) is 11.5. The monoisotopic (exact) mass is 388 g/mol. The summed E-state index contributed by atoms with van der Waals surface area (Å²) < 4.78 is 5.30. The van der Waals surface area contributed by atoms with Crippen LogP contribution in [0.15, 0.2) is 12.2 Å². The number of hydrogen-bond donors (Lipinski definition) is 1. The lowest BCUT2D eigenvalue weighted by molar-refractivity contribution is -0.138. The van der Waals surface area contributed by atoms with Crippen LogP contribution in [0.5, 0.6) is 0 Å². The van der Waals surface area contributed by atoms with E-state index in [2.05, 4.69) is 25.2 Å². The molecule has 1 aliphatic heterocycles. The van der Waals surface area contributed by atoms with Crippen molar-refractivity contribution in [3.8, 4) is 0 Å². The third kappa shape index (κ3) is 2.88. The SMILES string of the molecule is CCCOC(=O)N[C@H]1CC[C@H]2[C@@H]3CC[C@H]4N(C)C(=O)C=C[C@]4(C)[C@H]3CC[C@]12C. The van der Waals surface area contributed by atoms with Gasteiger partial charge in [0.1, 0.15) is 0 Å². The Morgan fingerprint density at radius 1 is 1.21 bits per heavy atom. The van der Waals surface area contributed by atoms with Crippen molar-refractivity contribution in [1.82, 2.24) is 10.2 Å². The van der Waals surface area contributed by atoms with Crippen molar-refractivity contribution < 1.29 is 14.3 Å². The highest BCUT2D eigenvalue weighted by Gasteiger charge is 2.60. The van der Waals surface area contributed by atoms with E-state index in [1.807, 2.05) is 18.9 Å². The third-order valence-electron chi connectivity index (χ3n) is 8.86. The van der Waals surface area contributed by atoms with E-state index in [0.717, 1.165) is 25.7 Å². The van der Waals surface area contributed by atoms with Gasteiger partial charge >= 0.3 is 6.09 Å². The Bertz CT molecular complexity index is 677.